The Morgan fingerprint density at radius 3 is 1.27 bits per heavy atom. The van der Waals surface area contributed by atoms with Crippen LogP contribution in [0.1, 0.15) is 65.2 Å². The van der Waals surface area contributed by atoms with Gasteiger partial charge < -0.3 is 9.47 Å². The first-order chi connectivity index (χ1) is 24.8. The first-order valence-corrected chi connectivity index (χ1v) is 23.1. The molecule has 0 aliphatic rings. The van der Waals surface area contributed by atoms with E-state index in [0.717, 1.165) is 36.4 Å². The minimum absolute atomic E-state index is 0.0809. The Bertz CT molecular complexity index is 2750. The molecular weight excluding hydrogens is 825 g/mol. The molecule has 4 rings (SSSR count). The van der Waals surface area contributed by atoms with E-state index >= 15 is 0 Å². The Labute approximate surface area is 320 Å². The summed E-state index contributed by atoms with van der Waals surface area (Å²) in [7, 11) is -25.0. The summed E-state index contributed by atoms with van der Waals surface area (Å²) in [4.78, 5) is -4.80. The van der Waals surface area contributed by atoms with E-state index in [0.29, 0.717) is 12.1 Å². The largest absolute Gasteiger partial charge is 0.490 e. The molecule has 4 N–H and O–H groups in total. The topological polar surface area (TPSA) is 270 Å². The van der Waals surface area contributed by atoms with Crippen LogP contribution in [0.25, 0.3) is 0 Å². The number of ether oxygens (including phenoxy) is 2. The highest BCUT2D eigenvalue weighted by Gasteiger charge is 2.32. The van der Waals surface area contributed by atoms with Crippen molar-refractivity contribution < 1.29 is 69.8 Å². The fourth-order valence-electron chi connectivity index (χ4n) is 5.50. The summed E-state index contributed by atoms with van der Waals surface area (Å²) in [6, 6.07) is 12.2. The zero-order valence-corrected chi connectivity index (χ0v) is 34.3. The summed E-state index contributed by atoms with van der Waals surface area (Å²) in [6.07, 6.45) is -0.460. The maximum Gasteiger partial charge on any atom is 0.298 e. The zero-order chi connectivity index (χ0) is 41.9. The molecule has 0 fully saturated rings. The van der Waals surface area contributed by atoms with Gasteiger partial charge in [-0.1, -0.05) is 52.8 Å². The summed E-state index contributed by atoms with van der Waals surface area (Å²) < 4.78 is 178. The molecule has 0 aliphatic heterocycles. The van der Waals surface area contributed by atoms with E-state index in [1.807, 2.05) is 0 Å². The quantitative estimate of drug-likeness (QED) is 0.124. The van der Waals surface area contributed by atoms with Crippen molar-refractivity contribution >= 4 is 50.3 Å². The van der Waals surface area contributed by atoms with Crippen LogP contribution in [0.3, 0.4) is 0 Å². The van der Waals surface area contributed by atoms with Gasteiger partial charge in [0.15, 0.2) is 0 Å². The Morgan fingerprint density at radius 2 is 0.855 bits per heavy atom. The SMILES string of the molecule is CC(C)Oc1ccc(C(C)(C)c2ccc(Oc3ccc(S(=O)(=O)c4ccc(C(C)(C)C)c(S(=O)(=O)O)c4)cc3S(=O)(=O)O)c(S(=O)(=O)O)c2)cc1S(=O)(=O)O. The molecule has 0 unspecified atom stereocenters. The third kappa shape index (κ3) is 9.55. The third-order valence-electron chi connectivity index (χ3n) is 8.32. The Balaban J connectivity index is 1.84. The second kappa shape index (κ2) is 14.5. The van der Waals surface area contributed by atoms with E-state index in [9.17, 15) is 60.3 Å². The van der Waals surface area contributed by atoms with E-state index < -0.39 is 108 Å². The van der Waals surface area contributed by atoms with Crippen molar-refractivity contribution in [1.29, 1.82) is 0 Å². The van der Waals surface area contributed by atoms with Crippen LogP contribution < -0.4 is 9.47 Å². The number of hydrogen-bond donors (Lipinski definition) is 4. The highest BCUT2D eigenvalue weighted by molar-refractivity contribution is 7.91. The van der Waals surface area contributed by atoms with Crippen molar-refractivity contribution in [3.63, 3.8) is 0 Å². The van der Waals surface area contributed by atoms with Gasteiger partial charge in [0, 0.05) is 5.41 Å². The summed E-state index contributed by atoms with van der Waals surface area (Å²) >= 11 is 0. The van der Waals surface area contributed by atoms with Gasteiger partial charge >= 0.3 is 0 Å². The maximum absolute atomic E-state index is 13.6. The van der Waals surface area contributed by atoms with Crippen molar-refractivity contribution in [2.24, 2.45) is 0 Å². The minimum Gasteiger partial charge on any atom is -0.490 e. The number of sulfone groups is 1. The van der Waals surface area contributed by atoms with E-state index in [-0.39, 0.29) is 22.4 Å². The van der Waals surface area contributed by atoms with Crippen molar-refractivity contribution in [2.45, 2.75) is 94.8 Å². The fraction of sp³-hybridized carbons (Fsp3) is 0.294. The molecule has 0 aliphatic carbocycles. The van der Waals surface area contributed by atoms with Crippen molar-refractivity contribution in [3.8, 4) is 17.2 Å². The highest BCUT2D eigenvalue weighted by atomic mass is 32.2. The lowest BCUT2D eigenvalue weighted by molar-refractivity contribution is 0.235. The van der Waals surface area contributed by atoms with Crippen LogP contribution in [-0.2, 0) is 61.1 Å². The number of benzene rings is 4. The lowest BCUT2D eigenvalue weighted by Gasteiger charge is -2.28. The molecule has 0 amide bonds. The Hall–Kier alpha value is -3.93. The van der Waals surface area contributed by atoms with Gasteiger partial charge in [-0.05, 0) is 90.6 Å². The molecule has 16 nitrogen and oxygen atoms in total. The number of rotatable bonds is 12. The van der Waals surface area contributed by atoms with Crippen molar-refractivity contribution in [3.05, 3.63) is 89.5 Å². The van der Waals surface area contributed by atoms with Crippen LogP contribution in [0.2, 0.25) is 0 Å². The molecule has 55 heavy (non-hydrogen) atoms. The minimum atomic E-state index is -5.34. The first-order valence-electron chi connectivity index (χ1n) is 15.8. The third-order valence-corrected chi connectivity index (χ3v) is 13.6. The van der Waals surface area contributed by atoms with Crippen LogP contribution in [0.4, 0.5) is 0 Å². The molecular formula is C34H38O16S5. The average molecular weight is 863 g/mol. The Kier molecular flexibility index (Phi) is 11.6. The molecule has 0 bridgehead atoms. The lowest BCUT2D eigenvalue weighted by Crippen LogP contribution is -2.21. The van der Waals surface area contributed by atoms with Gasteiger partial charge in [-0.25, -0.2) is 8.42 Å². The van der Waals surface area contributed by atoms with Gasteiger partial charge in [0.25, 0.3) is 40.5 Å². The highest BCUT2D eigenvalue weighted by Crippen LogP contribution is 2.41. The summed E-state index contributed by atoms with van der Waals surface area (Å²) in [5.41, 5.74) is -1.64. The monoisotopic (exact) mass is 862 g/mol. The van der Waals surface area contributed by atoms with Gasteiger partial charge in [-0.15, -0.1) is 0 Å². The predicted octanol–water partition coefficient (Wildman–Crippen LogP) is 5.71. The molecule has 4 aromatic carbocycles. The van der Waals surface area contributed by atoms with Gasteiger partial charge in [0.1, 0.15) is 31.9 Å². The molecule has 4 aromatic rings. The fourth-order valence-corrected chi connectivity index (χ4v) is 9.81. The second-order valence-corrected chi connectivity index (χ2v) is 21.6. The second-order valence-electron chi connectivity index (χ2n) is 14.1. The molecule has 0 heterocycles. The van der Waals surface area contributed by atoms with Crippen molar-refractivity contribution in [2.75, 3.05) is 0 Å². The van der Waals surface area contributed by atoms with Crippen LogP contribution in [0, 0.1) is 0 Å². The van der Waals surface area contributed by atoms with Gasteiger partial charge in [-0.2, -0.15) is 33.7 Å². The molecule has 0 saturated carbocycles. The van der Waals surface area contributed by atoms with Gasteiger partial charge in [-0.3, -0.25) is 18.2 Å². The van der Waals surface area contributed by atoms with Crippen LogP contribution >= 0.6 is 0 Å². The standard InChI is InChI=1S/C34H38O16S5/c1-20(2)49-26-13-8-21(16-30(26)53(40,41)42)34(6,7)22-9-14-27(31(17-22)54(43,44)45)50-28-15-11-24(19-32(28)55(46,47)48)51(35,36)23-10-12-25(33(3,4)5)29(18-23)52(37,38)39/h8-20H,1-7H3,(H,37,38,39)(H,40,41,42)(H,43,44,45)(H,46,47,48). The maximum atomic E-state index is 13.6. The van der Waals surface area contributed by atoms with E-state index in [2.05, 4.69) is 0 Å². The van der Waals surface area contributed by atoms with E-state index in [1.165, 1.54) is 24.3 Å². The van der Waals surface area contributed by atoms with Crippen LogP contribution in [0.5, 0.6) is 17.2 Å². The zero-order valence-electron chi connectivity index (χ0n) is 30.2. The Morgan fingerprint density at radius 1 is 0.491 bits per heavy atom. The first kappa shape index (κ1) is 43.8. The van der Waals surface area contributed by atoms with Crippen molar-refractivity contribution in [1.82, 2.24) is 0 Å². The van der Waals surface area contributed by atoms with Crippen LogP contribution in [-0.4, -0.2) is 66.4 Å². The van der Waals surface area contributed by atoms with Crippen LogP contribution in [0.15, 0.2) is 102 Å². The summed E-state index contributed by atoms with van der Waals surface area (Å²) in [5.74, 6) is -1.62. The molecule has 0 aromatic heterocycles. The van der Waals surface area contributed by atoms with E-state index in [4.69, 9.17) is 9.47 Å². The predicted molar refractivity (Wildman–Crippen MR) is 197 cm³/mol. The van der Waals surface area contributed by atoms with E-state index in [1.54, 1.807) is 48.5 Å². The van der Waals surface area contributed by atoms with Gasteiger partial charge in [0.05, 0.1) is 20.8 Å². The molecule has 21 heteroatoms. The molecule has 0 radical (unpaired) electrons. The van der Waals surface area contributed by atoms with Gasteiger partial charge in [0.2, 0.25) is 9.84 Å². The normalized spacial score (nSPS) is 13.5. The summed E-state index contributed by atoms with van der Waals surface area (Å²) in [5, 5.41) is 0. The molecule has 0 saturated heterocycles. The number of hydrogen-bond acceptors (Lipinski definition) is 12. The lowest BCUT2D eigenvalue weighted by atomic mass is 9.78. The smallest absolute Gasteiger partial charge is 0.298 e. The molecule has 0 atom stereocenters. The summed E-state index contributed by atoms with van der Waals surface area (Å²) in [6.45, 7) is 11.3. The average Bonchev–Trinajstić information content (AvgIpc) is 3.02. The molecule has 300 valence electrons. The molecule has 0 spiro atoms.